The Kier molecular flexibility index (Phi) is 15.3. The van der Waals surface area contributed by atoms with Crippen LogP contribution in [-0.2, 0) is 0 Å². The van der Waals surface area contributed by atoms with Gasteiger partial charge in [0.15, 0.2) is 0 Å². The number of amides is 1. The van der Waals surface area contributed by atoms with E-state index in [2.05, 4.69) is 47.9 Å². The summed E-state index contributed by atoms with van der Waals surface area (Å²) in [6, 6.07) is 16.6. The van der Waals surface area contributed by atoms with E-state index >= 15 is 0 Å². The summed E-state index contributed by atoms with van der Waals surface area (Å²) in [4.78, 5) is 19.7. The highest BCUT2D eigenvalue weighted by atomic mass is 35.5. The van der Waals surface area contributed by atoms with Gasteiger partial charge in [-0.2, -0.15) is 0 Å². The minimum absolute atomic E-state index is 0. The number of aliphatic hydroxyl groups is 1. The fraction of sp³-hybridized carbons (Fsp3) is 0.567. The predicted molar refractivity (Wildman–Crippen MR) is 161 cm³/mol. The molecule has 38 heavy (non-hydrogen) atoms. The molecule has 0 spiro atoms. The normalized spacial score (nSPS) is 18.7. The van der Waals surface area contributed by atoms with Crippen LogP contribution in [0, 0.1) is 0 Å². The summed E-state index contributed by atoms with van der Waals surface area (Å²) in [5.41, 5.74) is 2.95. The molecule has 3 atom stereocenters. The van der Waals surface area contributed by atoms with Crippen LogP contribution in [-0.4, -0.2) is 84.2 Å². The highest BCUT2D eigenvalue weighted by Gasteiger charge is 2.36. The molecule has 6 nitrogen and oxygen atoms in total. The van der Waals surface area contributed by atoms with E-state index in [1.54, 1.807) is 7.11 Å². The van der Waals surface area contributed by atoms with Crippen molar-refractivity contribution in [1.29, 1.82) is 0 Å². The summed E-state index contributed by atoms with van der Waals surface area (Å²) in [6.45, 7) is 12.8. The predicted octanol–water partition coefficient (Wildman–Crippen LogP) is 5.67. The van der Waals surface area contributed by atoms with Gasteiger partial charge in [-0.15, -0.1) is 24.8 Å². The van der Waals surface area contributed by atoms with Crippen molar-refractivity contribution in [3.63, 3.8) is 0 Å². The van der Waals surface area contributed by atoms with E-state index in [0.717, 1.165) is 36.5 Å². The van der Waals surface area contributed by atoms with Crippen LogP contribution in [0.3, 0.4) is 0 Å². The molecular formula is C30H47Cl2N3O3. The van der Waals surface area contributed by atoms with Crippen molar-refractivity contribution < 1.29 is 14.6 Å². The van der Waals surface area contributed by atoms with Crippen LogP contribution < -0.4 is 4.74 Å². The molecule has 3 rings (SSSR count). The summed E-state index contributed by atoms with van der Waals surface area (Å²) in [7, 11) is 1.69. The van der Waals surface area contributed by atoms with Crippen LogP contribution in [0.15, 0.2) is 48.5 Å². The molecule has 0 bridgehead atoms. The highest BCUT2D eigenvalue weighted by Crippen LogP contribution is 2.35. The number of ether oxygens (including phenoxy) is 1. The van der Waals surface area contributed by atoms with Gasteiger partial charge in [0, 0.05) is 43.8 Å². The standard InChI is InChI=1S/C30H45N3O3.2ClH/c1-6-9-10-18-32-21-27(22-34)33(20-23(32)4)29(26-12-11-13-28(19-26)36-5)24-14-16-25(17-15-24)30(35)31(7-2)8-3;;/h11-17,19,23,27,29,34H,6-10,18,20-22H2,1-5H3;2*1H. The first-order valence-electron chi connectivity index (χ1n) is 13.6. The number of hydrogen-bond donors (Lipinski definition) is 1. The lowest BCUT2D eigenvalue weighted by Crippen LogP contribution is -2.59. The molecule has 8 heteroatoms. The first-order chi connectivity index (χ1) is 17.5. The van der Waals surface area contributed by atoms with Gasteiger partial charge >= 0.3 is 0 Å². The molecule has 1 heterocycles. The third-order valence-corrected chi connectivity index (χ3v) is 7.54. The molecule has 1 N–H and O–H groups in total. The van der Waals surface area contributed by atoms with Crippen molar-refractivity contribution >= 4 is 30.7 Å². The number of unbranched alkanes of at least 4 members (excludes halogenated alkanes) is 2. The van der Waals surface area contributed by atoms with Crippen molar-refractivity contribution in [2.45, 2.75) is 65.1 Å². The highest BCUT2D eigenvalue weighted by molar-refractivity contribution is 5.94. The Labute approximate surface area is 242 Å². The maximum absolute atomic E-state index is 12.9. The Morgan fingerprint density at radius 3 is 2.29 bits per heavy atom. The summed E-state index contributed by atoms with van der Waals surface area (Å²) in [5, 5.41) is 10.5. The van der Waals surface area contributed by atoms with Crippen LogP contribution in [0.25, 0.3) is 0 Å². The molecule has 0 aromatic heterocycles. The molecule has 214 valence electrons. The maximum atomic E-state index is 12.9. The lowest BCUT2D eigenvalue weighted by molar-refractivity contribution is -0.00770. The number of halogens is 2. The van der Waals surface area contributed by atoms with Gasteiger partial charge in [-0.3, -0.25) is 14.6 Å². The number of nitrogens with zero attached hydrogens (tertiary/aromatic N) is 3. The third-order valence-electron chi connectivity index (χ3n) is 7.54. The number of carbonyl (C=O) groups excluding carboxylic acids is 1. The number of rotatable bonds is 12. The molecule has 2 aromatic carbocycles. The van der Waals surface area contributed by atoms with Gasteiger partial charge in [-0.1, -0.05) is 44.0 Å². The van der Waals surface area contributed by atoms with Crippen LogP contribution in [0.5, 0.6) is 5.75 Å². The van der Waals surface area contributed by atoms with Gasteiger partial charge in [0.2, 0.25) is 0 Å². The summed E-state index contributed by atoms with van der Waals surface area (Å²) < 4.78 is 5.55. The molecule has 0 aliphatic carbocycles. The lowest BCUT2D eigenvalue weighted by atomic mass is 9.92. The zero-order chi connectivity index (χ0) is 26.1. The second kappa shape index (κ2) is 17.0. The fourth-order valence-electron chi connectivity index (χ4n) is 5.37. The van der Waals surface area contributed by atoms with E-state index in [9.17, 15) is 9.90 Å². The monoisotopic (exact) mass is 567 g/mol. The Balaban J connectivity index is 0.00000361. The minimum atomic E-state index is -0.0462. The number of carbonyl (C=O) groups is 1. The zero-order valence-electron chi connectivity index (χ0n) is 23.6. The molecule has 1 saturated heterocycles. The van der Waals surface area contributed by atoms with Gasteiger partial charge in [0.25, 0.3) is 5.91 Å². The molecule has 3 unspecified atom stereocenters. The van der Waals surface area contributed by atoms with E-state index < -0.39 is 0 Å². The molecule has 0 saturated carbocycles. The van der Waals surface area contributed by atoms with E-state index in [0.29, 0.717) is 24.7 Å². The second-order valence-corrected chi connectivity index (χ2v) is 9.86. The fourth-order valence-corrected chi connectivity index (χ4v) is 5.37. The molecular weight excluding hydrogens is 521 g/mol. The van der Waals surface area contributed by atoms with Crippen LogP contribution in [0.4, 0.5) is 0 Å². The van der Waals surface area contributed by atoms with E-state index in [4.69, 9.17) is 4.74 Å². The van der Waals surface area contributed by atoms with Gasteiger partial charge in [0.1, 0.15) is 5.75 Å². The molecule has 1 aliphatic heterocycles. The van der Waals surface area contributed by atoms with Crippen LogP contribution in [0.2, 0.25) is 0 Å². The average molecular weight is 569 g/mol. The molecule has 0 radical (unpaired) electrons. The number of piperazine rings is 1. The topological polar surface area (TPSA) is 56.2 Å². The number of aliphatic hydroxyl groups excluding tert-OH is 1. The third kappa shape index (κ3) is 8.33. The first-order valence-corrected chi connectivity index (χ1v) is 13.6. The van der Waals surface area contributed by atoms with Gasteiger partial charge in [-0.05, 0) is 69.1 Å². The van der Waals surface area contributed by atoms with Crippen molar-refractivity contribution in [2.75, 3.05) is 46.4 Å². The summed E-state index contributed by atoms with van der Waals surface area (Å²) in [6.07, 6.45) is 3.64. The summed E-state index contributed by atoms with van der Waals surface area (Å²) in [5.74, 6) is 0.879. The van der Waals surface area contributed by atoms with Crippen molar-refractivity contribution in [3.8, 4) is 5.75 Å². The quantitative estimate of drug-likeness (QED) is 0.335. The van der Waals surface area contributed by atoms with E-state index in [-0.39, 0.29) is 49.4 Å². The minimum Gasteiger partial charge on any atom is -0.497 e. The molecule has 1 fully saturated rings. The van der Waals surface area contributed by atoms with Crippen LogP contribution >= 0.6 is 24.8 Å². The lowest BCUT2D eigenvalue weighted by Gasteiger charge is -2.48. The van der Waals surface area contributed by atoms with E-state index in [1.165, 1.54) is 19.3 Å². The Morgan fingerprint density at radius 2 is 1.71 bits per heavy atom. The SMILES string of the molecule is CCCCCN1CC(CO)N(C(c2ccc(C(=O)N(CC)CC)cc2)c2cccc(OC)c2)CC1C.Cl.Cl. The Bertz CT molecular complexity index is 956. The van der Waals surface area contributed by atoms with Crippen molar-refractivity contribution in [1.82, 2.24) is 14.7 Å². The van der Waals surface area contributed by atoms with Crippen molar-refractivity contribution in [2.24, 2.45) is 0 Å². The Morgan fingerprint density at radius 1 is 1.03 bits per heavy atom. The average Bonchev–Trinajstić information content (AvgIpc) is 2.91. The molecule has 1 aliphatic rings. The number of benzene rings is 2. The van der Waals surface area contributed by atoms with Gasteiger partial charge in [-0.25, -0.2) is 0 Å². The molecule has 2 aromatic rings. The van der Waals surface area contributed by atoms with Gasteiger partial charge < -0.3 is 14.7 Å². The zero-order valence-corrected chi connectivity index (χ0v) is 25.3. The first kappa shape index (κ1) is 34.2. The smallest absolute Gasteiger partial charge is 0.253 e. The van der Waals surface area contributed by atoms with Crippen molar-refractivity contribution in [3.05, 3.63) is 65.2 Å². The van der Waals surface area contributed by atoms with Gasteiger partial charge in [0.05, 0.1) is 19.8 Å². The Hall–Kier alpha value is -1.83. The maximum Gasteiger partial charge on any atom is 0.253 e. The number of hydrogen-bond acceptors (Lipinski definition) is 5. The largest absolute Gasteiger partial charge is 0.497 e. The second-order valence-electron chi connectivity index (χ2n) is 9.86. The molecule has 1 amide bonds. The van der Waals surface area contributed by atoms with Crippen LogP contribution in [0.1, 0.15) is 74.5 Å². The van der Waals surface area contributed by atoms with E-state index in [1.807, 2.05) is 43.0 Å². The summed E-state index contributed by atoms with van der Waals surface area (Å²) >= 11 is 0. The number of methoxy groups -OCH3 is 1.